The minimum atomic E-state index is -1.06. The number of halogens is 1. The zero-order valence-electron chi connectivity index (χ0n) is 8.58. The lowest BCUT2D eigenvalue weighted by atomic mass is 10.1. The maximum Gasteiger partial charge on any atom is 0.106 e. The summed E-state index contributed by atoms with van der Waals surface area (Å²) in [6.45, 7) is 7.45. The summed E-state index contributed by atoms with van der Waals surface area (Å²) in [6.07, 6.45) is 2.14. The Morgan fingerprint density at radius 3 is 2.25 bits per heavy atom. The standard InChI is InChI=1S/C11H19F/c1-10(2)8-6-5-7-9-11(3,4)12/h10H,7-9H2,1-4H3. The van der Waals surface area contributed by atoms with Gasteiger partial charge in [-0.1, -0.05) is 13.8 Å². The summed E-state index contributed by atoms with van der Waals surface area (Å²) < 4.78 is 12.9. The SMILES string of the molecule is CC(C)CC#CCCC(C)(C)F. The minimum absolute atomic E-state index is 0.540. The molecule has 1 heteroatoms. The number of alkyl halides is 1. The van der Waals surface area contributed by atoms with Gasteiger partial charge in [-0.2, -0.15) is 0 Å². The van der Waals surface area contributed by atoms with Crippen molar-refractivity contribution in [2.45, 2.75) is 52.6 Å². The molecule has 0 aromatic carbocycles. The molecule has 70 valence electrons. The van der Waals surface area contributed by atoms with Crippen molar-refractivity contribution in [3.05, 3.63) is 0 Å². The highest BCUT2D eigenvalue weighted by Crippen LogP contribution is 2.14. The molecule has 0 aromatic rings. The second-order valence-corrected chi connectivity index (χ2v) is 4.17. The van der Waals surface area contributed by atoms with Gasteiger partial charge in [0.25, 0.3) is 0 Å². The fraction of sp³-hybridized carbons (Fsp3) is 0.818. The van der Waals surface area contributed by atoms with Crippen LogP contribution in [0.2, 0.25) is 0 Å². The molecule has 0 aliphatic carbocycles. The van der Waals surface area contributed by atoms with Crippen LogP contribution in [0.4, 0.5) is 4.39 Å². The van der Waals surface area contributed by atoms with E-state index in [4.69, 9.17) is 0 Å². The van der Waals surface area contributed by atoms with Gasteiger partial charge in [-0.15, -0.1) is 11.8 Å². The van der Waals surface area contributed by atoms with Crippen molar-refractivity contribution >= 4 is 0 Å². The fourth-order valence-electron chi connectivity index (χ4n) is 0.724. The van der Waals surface area contributed by atoms with Crippen molar-refractivity contribution in [2.24, 2.45) is 5.92 Å². The fourth-order valence-corrected chi connectivity index (χ4v) is 0.724. The third kappa shape index (κ3) is 9.49. The minimum Gasteiger partial charge on any atom is -0.244 e. The molecular weight excluding hydrogens is 151 g/mol. The number of rotatable bonds is 3. The van der Waals surface area contributed by atoms with E-state index in [1.807, 2.05) is 0 Å². The third-order valence-electron chi connectivity index (χ3n) is 1.48. The molecule has 0 nitrogen and oxygen atoms in total. The average Bonchev–Trinajstić information content (AvgIpc) is 1.83. The summed E-state index contributed by atoms with van der Waals surface area (Å²) in [5, 5.41) is 0. The Morgan fingerprint density at radius 1 is 1.25 bits per heavy atom. The molecule has 0 fully saturated rings. The molecule has 0 spiro atoms. The van der Waals surface area contributed by atoms with Crippen molar-refractivity contribution < 1.29 is 4.39 Å². The molecule has 0 saturated heterocycles. The molecule has 12 heavy (non-hydrogen) atoms. The first-order chi connectivity index (χ1) is 5.42. The maximum atomic E-state index is 12.9. The van der Waals surface area contributed by atoms with E-state index in [0.29, 0.717) is 18.8 Å². The van der Waals surface area contributed by atoms with Gasteiger partial charge in [-0.25, -0.2) is 4.39 Å². The first kappa shape index (κ1) is 11.5. The summed E-state index contributed by atoms with van der Waals surface area (Å²) in [5.41, 5.74) is -1.06. The van der Waals surface area contributed by atoms with Gasteiger partial charge in [0.05, 0.1) is 0 Å². The second-order valence-electron chi connectivity index (χ2n) is 4.17. The van der Waals surface area contributed by atoms with E-state index in [1.54, 1.807) is 13.8 Å². The highest BCUT2D eigenvalue weighted by molar-refractivity contribution is 5.00. The molecule has 0 aliphatic rings. The van der Waals surface area contributed by atoms with Crippen LogP contribution in [0.25, 0.3) is 0 Å². The molecule has 0 saturated carbocycles. The van der Waals surface area contributed by atoms with Crippen LogP contribution in [-0.2, 0) is 0 Å². The Hall–Kier alpha value is -0.510. The van der Waals surface area contributed by atoms with Gasteiger partial charge in [0.2, 0.25) is 0 Å². The largest absolute Gasteiger partial charge is 0.244 e. The summed E-state index contributed by atoms with van der Waals surface area (Å²) in [5.74, 6) is 6.65. The number of hydrogen-bond acceptors (Lipinski definition) is 0. The molecule has 0 heterocycles. The molecule has 0 amide bonds. The Kier molecular flexibility index (Phi) is 4.97. The lowest BCUT2D eigenvalue weighted by molar-refractivity contribution is 0.204. The van der Waals surface area contributed by atoms with Crippen molar-refractivity contribution in [3.63, 3.8) is 0 Å². The van der Waals surface area contributed by atoms with Gasteiger partial charge in [-0.3, -0.25) is 0 Å². The van der Waals surface area contributed by atoms with E-state index in [9.17, 15) is 4.39 Å². The Morgan fingerprint density at radius 2 is 1.83 bits per heavy atom. The van der Waals surface area contributed by atoms with E-state index in [2.05, 4.69) is 25.7 Å². The third-order valence-corrected chi connectivity index (χ3v) is 1.48. The Bertz CT molecular complexity index is 164. The van der Waals surface area contributed by atoms with E-state index in [1.165, 1.54) is 0 Å². The van der Waals surface area contributed by atoms with Gasteiger partial charge < -0.3 is 0 Å². The van der Waals surface area contributed by atoms with Crippen molar-refractivity contribution in [1.82, 2.24) is 0 Å². The smallest absolute Gasteiger partial charge is 0.106 e. The van der Waals surface area contributed by atoms with Crippen LogP contribution in [0.3, 0.4) is 0 Å². The van der Waals surface area contributed by atoms with Crippen molar-refractivity contribution in [2.75, 3.05) is 0 Å². The van der Waals surface area contributed by atoms with Gasteiger partial charge >= 0.3 is 0 Å². The van der Waals surface area contributed by atoms with Crippen LogP contribution in [-0.4, -0.2) is 5.67 Å². The molecule has 0 unspecified atom stereocenters. The summed E-state index contributed by atoms with van der Waals surface area (Å²) >= 11 is 0. The zero-order valence-corrected chi connectivity index (χ0v) is 8.58. The predicted octanol–water partition coefficient (Wildman–Crippen LogP) is 3.56. The predicted molar refractivity (Wildman–Crippen MR) is 51.7 cm³/mol. The lowest BCUT2D eigenvalue weighted by Crippen LogP contribution is -2.10. The molecule has 0 atom stereocenters. The van der Waals surface area contributed by atoms with Gasteiger partial charge in [0.15, 0.2) is 0 Å². The molecule has 0 N–H and O–H groups in total. The van der Waals surface area contributed by atoms with Crippen molar-refractivity contribution in [1.29, 1.82) is 0 Å². The van der Waals surface area contributed by atoms with Gasteiger partial charge in [0, 0.05) is 12.8 Å². The van der Waals surface area contributed by atoms with Gasteiger partial charge in [-0.05, 0) is 26.2 Å². The Balaban J connectivity index is 3.47. The quantitative estimate of drug-likeness (QED) is 0.568. The number of hydrogen-bond donors (Lipinski definition) is 0. The van der Waals surface area contributed by atoms with E-state index in [-0.39, 0.29) is 0 Å². The first-order valence-corrected chi connectivity index (χ1v) is 4.56. The van der Waals surface area contributed by atoms with Crippen LogP contribution >= 0.6 is 0 Å². The molecule has 0 rings (SSSR count). The second kappa shape index (κ2) is 5.19. The van der Waals surface area contributed by atoms with Crippen LogP contribution in [0, 0.1) is 17.8 Å². The monoisotopic (exact) mass is 170 g/mol. The summed E-state index contributed by atoms with van der Waals surface area (Å²) in [7, 11) is 0. The highest BCUT2D eigenvalue weighted by Gasteiger charge is 2.12. The topological polar surface area (TPSA) is 0 Å². The molecular formula is C11H19F. The maximum absolute atomic E-state index is 12.9. The zero-order chi connectivity index (χ0) is 9.61. The summed E-state index contributed by atoms with van der Waals surface area (Å²) in [6, 6.07) is 0. The molecule has 0 aromatic heterocycles. The molecule has 0 aliphatic heterocycles. The van der Waals surface area contributed by atoms with E-state index >= 15 is 0 Å². The summed E-state index contributed by atoms with van der Waals surface area (Å²) in [4.78, 5) is 0. The normalized spacial score (nSPS) is 11.2. The highest BCUT2D eigenvalue weighted by atomic mass is 19.1. The van der Waals surface area contributed by atoms with E-state index in [0.717, 1.165) is 6.42 Å². The average molecular weight is 170 g/mol. The van der Waals surface area contributed by atoms with Crippen LogP contribution in [0.15, 0.2) is 0 Å². The van der Waals surface area contributed by atoms with Crippen LogP contribution in [0.1, 0.15) is 47.0 Å². The molecule has 0 bridgehead atoms. The Labute approximate surface area is 75.6 Å². The van der Waals surface area contributed by atoms with Crippen LogP contribution in [0.5, 0.6) is 0 Å². The van der Waals surface area contributed by atoms with Gasteiger partial charge in [0.1, 0.15) is 5.67 Å². The van der Waals surface area contributed by atoms with Crippen LogP contribution < -0.4 is 0 Å². The van der Waals surface area contributed by atoms with E-state index < -0.39 is 5.67 Å². The first-order valence-electron chi connectivity index (χ1n) is 4.56. The lowest BCUT2D eigenvalue weighted by Gasteiger charge is -2.10. The van der Waals surface area contributed by atoms with Crippen molar-refractivity contribution in [3.8, 4) is 11.8 Å². The molecule has 0 radical (unpaired) electrons.